The van der Waals surface area contributed by atoms with Crippen molar-refractivity contribution in [1.82, 2.24) is 9.97 Å². The van der Waals surface area contributed by atoms with E-state index in [0.717, 1.165) is 18.5 Å². The van der Waals surface area contributed by atoms with Crippen LogP contribution in [0.5, 0.6) is 0 Å². The lowest BCUT2D eigenvalue weighted by molar-refractivity contribution is -0.138. The molecule has 1 heterocycles. The van der Waals surface area contributed by atoms with Crippen molar-refractivity contribution in [3.8, 4) is 0 Å². The predicted octanol–water partition coefficient (Wildman–Crippen LogP) is 2.98. The summed E-state index contributed by atoms with van der Waals surface area (Å²) in [4.78, 5) is 19.7. The second kappa shape index (κ2) is 6.92. The Morgan fingerprint density at radius 2 is 2.14 bits per heavy atom. The minimum absolute atomic E-state index is 0.204. The molecule has 2 rings (SSSR count). The van der Waals surface area contributed by atoms with Crippen molar-refractivity contribution >= 4 is 5.97 Å². The third-order valence-corrected chi connectivity index (χ3v) is 3.23. The van der Waals surface area contributed by atoms with Crippen LogP contribution in [0.4, 0.5) is 4.39 Å². The summed E-state index contributed by atoms with van der Waals surface area (Å²) in [6.45, 7) is 2.03. The molecule has 0 amide bonds. The smallest absolute Gasteiger partial charge is 0.312 e. The van der Waals surface area contributed by atoms with Gasteiger partial charge < -0.3 is 5.11 Å². The number of hydrogen-bond donors (Lipinski definition) is 1. The summed E-state index contributed by atoms with van der Waals surface area (Å²) in [6.07, 6.45) is 3.30. The van der Waals surface area contributed by atoms with Gasteiger partial charge in [0.15, 0.2) is 0 Å². The number of aromatic nitrogens is 2. The molecule has 1 unspecified atom stereocenters. The number of carboxylic acid groups (broad SMARTS) is 1. The third kappa shape index (κ3) is 4.08. The lowest BCUT2D eigenvalue weighted by Gasteiger charge is -2.12. The summed E-state index contributed by atoms with van der Waals surface area (Å²) in [5.74, 6) is -2.14. The highest BCUT2D eigenvalue weighted by atomic mass is 19.1. The maximum absolute atomic E-state index is 13.2. The highest BCUT2D eigenvalue weighted by Gasteiger charge is 2.22. The quantitative estimate of drug-likeness (QED) is 0.887. The Labute approximate surface area is 122 Å². The van der Waals surface area contributed by atoms with Gasteiger partial charge in [0.25, 0.3) is 0 Å². The molecule has 21 heavy (non-hydrogen) atoms. The van der Waals surface area contributed by atoms with Gasteiger partial charge in [-0.2, -0.15) is 0 Å². The van der Waals surface area contributed by atoms with Gasteiger partial charge in [-0.1, -0.05) is 25.5 Å². The summed E-state index contributed by atoms with van der Waals surface area (Å²) < 4.78 is 13.2. The normalized spacial score (nSPS) is 12.1. The molecule has 0 saturated carbocycles. The molecule has 5 heteroatoms. The lowest BCUT2D eigenvalue weighted by Crippen LogP contribution is -2.16. The van der Waals surface area contributed by atoms with E-state index in [4.69, 9.17) is 0 Å². The molecule has 1 aromatic heterocycles. The van der Waals surface area contributed by atoms with Gasteiger partial charge in [-0.3, -0.25) is 4.79 Å². The Balaban J connectivity index is 2.26. The van der Waals surface area contributed by atoms with Crippen molar-refractivity contribution < 1.29 is 14.3 Å². The fourth-order valence-corrected chi connectivity index (χ4v) is 2.22. The van der Waals surface area contributed by atoms with Gasteiger partial charge in [-0.05, 0) is 36.6 Å². The average molecular weight is 288 g/mol. The molecular formula is C16H17FN2O2. The molecule has 110 valence electrons. The molecule has 0 spiro atoms. The first-order valence-corrected chi connectivity index (χ1v) is 6.88. The van der Waals surface area contributed by atoms with Crippen LogP contribution in [0.2, 0.25) is 0 Å². The van der Waals surface area contributed by atoms with Crippen molar-refractivity contribution in [3.63, 3.8) is 0 Å². The van der Waals surface area contributed by atoms with E-state index in [0.29, 0.717) is 11.3 Å². The van der Waals surface area contributed by atoms with Crippen molar-refractivity contribution in [3.05, 3.63) is 59.4 Å². The van der Waals surface area contributed by atoms with Gasteiger partial charge in [-0.25, -0.2) is 14.4 Å². The third-order valence-electron chi connectivity index (χ3n) is 3.23. The van der Waals surface area contributed by atoms with Crippen molar-refractivity contribution in [2.45, 2.75) is 32.1 Å². The number of aliphatic carboxylic acids is 1. The Morgan fingerprint density at radius 3 is 2.81 bits per heavy atom. The van der Waals surface area contributed by atoms with E-state index in [1.54, 1.807) is 18.2 Å². The van der Waals surface area contributed by atoms with Gasteiger partial charge in [-0.15, -0.1) is 0 Å². The van der Waals surface area contributed by atoms with E-state index in [2.05, 4.69) is 9.97 Å². The van der Waals surface area contributed by atoms with E-state index in [-0.39, 0.29) is 12.2 Å². The molecule has 2 aromatic rings. The molecular weight excluding hydrogens is 271 g/mol. The predicted molar refractivity (Wildman–Crippen MR) is 76.5 cm³/mol. The molecule has 0 fully saturated rings. The van der Waals surface area contributed by atoms with Crippen LogP contribution in [0.25, 0.3) is 0 Å². The summed E-state index contributed by atoms with van der Waals surface area (Å²) in [5.41, 5.74) is 1.93. The van der Waals surface area contributed by atoms with Gasteiger partial charge in [0.05, 0.1) is 5.69 Å². The fraction of sp³-hybridized carbons (Fsp3) is 0.312. The molecule has 0 aliphatic carbocycles. The second-order valence-electron chi connectivity index (χ2n) is 4.91. The zero-order valence-electron chi connectivity index (χ0n) is 11.8. The lowest BCUT2D eigenvalue weighted by atomic mass is 9.95. The number of nitrogens with zero attached hydrogens (tertiary/aromatic N) is 2. The van der Waals surface area contributed by atoms with Crippen LogP contribution in [0, 0.1) is 5.82 Å². The van der Waals surface area contributed by atoms with E-state index in [1.165, 1.54) is 18.5 Å². The number of benzene rings is 1. The maximum Gasteiger partial charge on any atom is 0.312 e. The molecule has 0 aliphatic heterocycles. The first-order chi connectivity index (χ1) is 10.1. The van der Waals surface area contributed by atoms with Crippen LogP contribution in [0.3, 0.4) is 0 Å². The molecule has 0 radical (unpaired) electrons. The second-order valence-corrected chi connectivity index (χ2v) is 4.91. The topological polar surface area (TPSA) is 63.1 Å². The number of carbonyl (C=O) groups is 1. The van der Waals surface area contributed by atoms with Gasteiger partial charge in [0, 0.05) is 5.69 Å². The van der Waals surface area contributed by atoms with Crippen LogP contribution in [-0.4, -0.2) is 21.0 Å². The Bertz CT molecular complexity index is 631. The van der Waals surface area contributed by atoms with E-state index in [1.807, 2.05) is 6.92 Å². The van der Waals surface area contributed by atoms with Crippen LogP contribution >= 0.6 is 0 Å². The monoisotopic (exact) mass is 288 g/mol. The van der Waals surface area contributed by atoms with Gasteiger partial charge >= 0.3 is 5.97 Å². The first-order valence-electron chi connectivity index (χ1n) is 6.88. The molecule has 4 nitrogen and oxygen atoms in total. The number of aryl methyl sites for hydroxylation is 1. The Hall–Kier alpha value is -2.30. The number of carboxylic acids is 1. The van der Waals surface area contributed by atoms with Gasteiger partial charge in [0.2, 0.25) is 0 Å². The van der Waals surface area contributed by atoms with Gasteiger partial charge in [0.1, 0.15) is 18.1 Å². The standard InChI is InChI=1S/C16H17FN2O2/c1-2-4-13-9-15(19-10-18-13)14(16(20)21)8-11-5-3-6-12(17)7-11/h3,5-7,9-10,14H,2,4,8H2,1H3,(H,20,21). The van der Waals surface area contributed by atoms with Crippen molar-refractivity contribution in [2.24, 2.45) is 0 Å². The SMILES string of the molecule is CCCc1cc(C(Cc2cccc(F)c2)C(=O)O)ncn1. The Kier molecular flexibility index (Phi) is 4.98. The minimum atomic E-state index is -0.972. The summed E-state index contributed by atoms with van der Waals surface area (Å²) in [6, 6.07) is 7.70. The molecule has 0 aliphatic rings. The van der Waals surface area contributed by atoms with E-state index in [9.17, 15) is 14.3 Å². The summed E-state index contributed by atoms with van der Waals surface area (Å²) in [5, 5.41) is 9.42. The van der Waals surface area contributed by atoms with Crippen molar-refractivity contribution in [1.29, 1.82) is 0 Å². The molecule has 0 saturated heterocycles. The highest BCUT2D eigenvalue weighted by molar-refractivity contribution is 5.75. The number of halogens is 1. The molecule has 1 N–H and O–H groups in total. The summed E-state index contributed by atoms with van der Waals surface area (Å²) >= 11 is 0. The molecule has 1 aromatic carbocycles. The minimum Gasteiger partial charge on any atom is -0.481 e. The number of rotatable bonds is 6. The maximum atomic E-state index is 13.2. The number of hydrogen-bond acceptors (Lipinski definition) is 3. The fourth-order valence-electron chi connectivity index (χ4n) is 2.22. The Morgan fingerprint density at radius 1 is 1.33 bits per heavy atom. The average Bonchev–Trinajstić information content (AvgIpc) is 2.45. The van der Waals surface area contributed by atoms with Crippen LogP contribution in [0.15, 0.2) is 36.7 Å². The van der Waals surface area contributed by atoms with Crippen LogP contribution in [0.1, 0.15) is 36.2 Å². The summed E-state index contributed by atoms with van der Waals surface area (Å²) in [7, 11) is 0. The van der Waals surface area contributed by atoms with E-state index < -0.39 is 11.9 Å². The van der Waals surface area contributed by atoms with Crippen LogP contribution < -0.4 is 0 Å². The molecule has 0 bridgehead atoms. The molecule has 1 atom stereocenters. The van der Waals surface area contributed by atoms with E-state index >= 15 is 0 Å². The zero-order valence-corrected chi connectivity index (χ0v) is 11.8. The highest BCUT2D eigenvalue weighted by Crippen LogP contribution is 2.21. The zero-order chi connectivity index (χ0) is 15.2. The van der Waals surface area contributed by atoms with Crippen LogP contribution in [-0.2, 0) is 17.6 Å². The first kappa shape index (κ1) is 15.1. The van der Waals surface area contributed by atoms with Crippen molar-refractivity contribution in [2.75, 3.05) is 0 Å². The largest absolute Gasteiger partial charge is 0.481 e.